The van der Waals surface area contributed by atoms with Gasteiger partial charge in [-0.1, -0.05) is 39.0 Å². The molecule has 5 nitrogen and oxygen atoms in total. The molecule has 0 radical (unpaired) electrons. The van der Waals surface area contributed by atoms with E-state index in [-0.39, 0.29) is 11.7 Å². The van der Waals surface area contributed by atoms with Crippen molar-refractivity contribution in [1.29, 1.82) is 0 Å². The highest BCUT2D eigenvalue weighted by molar-refractivity contribution is 5.90. The molecule has 0 heterocycles. The van der Waals surface area contributed by atoms with Crippen LogP contribution >= 0.6 is 0 Å². The van der Waals surface area contributed by atoms with Gasteiger partial charge in [-0.05, 0) is 49.7 Å². The molecule has 0 saturated heterocycles. The van der Waals surface area contributed by atoms with Gasteiger partial charge in [0.15, 0.2) is 0 Å². The van der Waals surface area contributed by atoms with Crippen LogP contribution < -0.4 is 4.74 Å². The monoisotopic (exact) mass is 397 g/mol. The maximum atomic E-state index is 11.7. The Morgan fingerprint density at radius 2 is 1.72 bits per heavy atom. The van der Waals surface area contributed by atoms with Gasteiger partial charge in [0.05, 0.1) is 24.5 Å². The molecule has 5 heteroatoms. The third-order valence-electron chi connectivity index (χ3n) is 4.50. The summed E-state index contributed by atoms with van der Waals surface area (Å²) in [7, 11) is 0. The van der Waals surface area contributed by atoms with Gasteiger partial charge in [0, 0.05) is 17.8 Å². The first kappa shape index (κ1) is 22.5. The fraction of sp³-hybridized carbons (Fsp3) is 0.417. The standard InChI is InChI=1S/C24H31NO4/c1-3-5-6-7-8-9-16-29-22-15-12-20(23(26)17-22)18-25-21-13-10-19(11-14-21)24(27)28-4-2/h10-15,17-18,26H,3-9,16H2,1-2H3. The molecular weight excluding hydrogens is 366 g/mol. The summed E-state index contributed by atoms with van der Waals surface area (Å²) in [5, 5.41) is 10.2. The molecule has 0 spiro atoms. The lowest BCUT2D eigenvalue weighted by Gasteiger charge is -2.08. The lowest BCUT2D eigenvalue weighted by atomic mass is 10.1. The van der Waals surface area contributed by atoms with Gasteiger partial charge in [-0.25, -0.2) is 4.79 Å². The van der Waals surface area contributed by atoms with Gasteiger partial charge < -0.3 is 14.6 Å². The van der Waals surface area contributed by atoms with Crippen LogP contribution in [0.5, 0.6) is 11.5 Å². The summed E-state index contributed by atoms with van der Waals surface area (Å²) in [6.45, 7) is 4.99. The molecule has 0 atom stereocenters. The number of aromatic hydroxyl groups is 1. The van der Waals surface area contributed by atoms with Crippen LogP contribution in [-0.2, 0) is 4.74 Å². The van der Waals surface area contributed by atoms with E-state index >= 15 is 0 Å². The number of phenolic OH excluding ortho intramolecular Hbond substituents is 1. The average Bonchev–Trinajstić information content (AvgIpc) is 2.73. The lowest BCUT2D eigenvalue weighted by molar-refractivity contribution is 0.0526. The van der Waals surface area contributed by atoms with Gasteiger partial charge >= 0.3 is 5.97 Å². The van der Waals surface area contributed by atoms with Crippen molar-refractivity contribution in [3.05, 3.63) is 53.6 Å². The van der Waals surface area contributed by atoms with Gasteiger partial charge in [-0.3, -0.25) is 4.99 Å². The smallest absolute Gasteiger partial charge is 0.338 e. The molecule has 0 aliphatic rings. The van der Waals surface area contributed by atoms with E-state index in [1.807, 2.05) is 6.07 Å². The molecule has 2 aromatic carbocycles. The average molecular weight is 398 g/mol. The Morgan fingerprint density at radius 1 is 1.00 bits per heavy atom. The van der Waals surface area contributed by atoms with Crippen LogP contribution in [0.1, 0.15) is 68.3 Å². The predicted molar refractivity (Wildman–Crippen MR) is 117 cm³/mol. The molecule has 0 amide bonds. The number of unbranched alkanes of at least 4 members (excludes halogenated alkanes) is 5. The van der Waals surface area contributed by atoms with Gasteiger partial charge in [0.2, 0.25) is 0 Å². The zero-order chi connectivity index (χ0) is 20.9. The van der Waals surface area contributed by atoms with Gasteiger partial charge in [0.1, 0.15) is 11.5 Å². The summed E-state index contributed by atoms with van der Waals surface area (Å²) in [5.41, 5.74) is 1.77. The molecule has 1 N–H and O–H groups in total. The Kier molecular flexibility index (Phi) is 9.76. The van der Waals surface area contributed by atoms with Gasteiger partial charge in [-0.15, -0.1) is 0 Å². The van der Waals surface area contributed by atoms with Crippen LogP contribution in [-0.4, -0.2) is 30.5 Å². The minimum Gasteiger partial charge on any atom is -0.507 e. The molecule has 0 aliphatic heterocycles. The van der Waals surface area contributed by atoms with E-state index in [0.29, 0.717) is 35.8 Å². The second-order valence-electron chi connectivity index (χ2n) is 6.86. The molecule has 0 aromatic heterocycles. The highest BCUT2D eigenvalue weighted by Gasteiger charge is 2.05. The first-order valence-corrected chi connectivity index (χ1v) is 10.4. The number of nitrogens with zero attached hydrogens (tertiary/aromatic N) is 1. The summed E-state index contributed by atoms with van der Waals surface area (Å²) in [4.78, 5) is 16.0. The second-order valence-corrected chi connectivity index (χ2v) is 6.86. The maximum absolute atomic E-state index is 11.7. The molecule has 2 rings (SSSR count). The van der Waals surface area contributed by atoms with Crippen LogP contribution in [0.4, 0.5) is 5.69 Å². The Morgan fingerprint density at radius 3 is 2.41 bits per heavy atom. The molecule has 0 unspecified atom stereocenters. The molecule has 29 heavy (non-hydrogen) atoms. The van der Waals surface area contributed by atoms with Crippen molar-refractivity contribution in [3.8, 4) is 11.5 Å². The quantitative estimate of drug-likeness (QED) is 0.268. The normalized spacial score (nSPS) is 11.0. The molecule has 156 valence electrons. The highest BCUT2D eigenvalue weighted by Crippen LogP contribution is 2.23. The number of carbonyl (C=O) groups excluding carboxylic acids is 1. The molecule has 0 saturated carbocycles. The molecular formula is C24H31NO4. The number of benzene rings is 2. The number of carbonyl (C=O) groups is 1. The van der Waals surface area contributed by atoms with E-state index in [1.165, 1.54) is 32.1 Å². The number of aliphatic imine (C=N–C) groups is 1. The number of hydrogen-bond acceptors (Lipinski definition) is 5. The van der Waals surface area contributed by atoms with Crippen LogP contribution in [0.3, 0.4) is 0 Å². The molecule has 2 aromatic rings. The molecule has 0 bridgehead atoms. The Balaban J connectivity index is 1.84. The zero-order valence-electron chi connectivity index (χ0n) is 17.4. The molecule has 0 aliphatic carbocycles. The van der Waals surface area contributed by atoms with Crippen LogP contribution in [0.2, 0.25) is 0 Å². The van der Waals surface area contributed by atoms with E-state index in [2.05, 4.69) is 11.9 Å². The van der Waals surface area contributed by atoms with E-state index in [4.69, 9.17) is 9.47 Å². The third kappa shape index (κ3) is 7.98. The number of esters is 1. The summed E-state index contributed by atoms with van der Waals surface area (Å²) in [6.07, 6.45) is 8.88. The maximum Gasteiger partial charge on any atom is 0.338 e. The van der Waals surface area contributed by atoms with Crippen molar-refractivity contribution in [2.45, 2.75) is 52.4 Å². The first-order valence-electron chi connectivity index (χ1n) is 10.4. The predicted octanol–water partition coefficient (Wildman–Crippen LogP) is 6.06. The second kappa shape index (κ2) is 12.6. The SMILES string of the molecule is CCCCCCCCOc1ccc(C=Nc2ccc(C(=O)OCC)cc2)c(O)c1. The number of rotatable bonds is 12. The Bertz CT molecular complexity index is 784. The van der Waals surface area contributed by atoms with Crippen LogP contribution in [0.15, 0.2) is 47.5 Å². The van der Waals surface area contributed by atoms with E-state index in [9.17, 15) is 9.90 Å². The largest absolute Gasteiger partial charge is 0.507 e. The number of hydrogen-bond donors (Lipinski definition) is 1. The third-order valence-corrected chi connectivity index (χ3v) is 4.50. The van der Waals surface area contributed by atoms with Crippen molar-refractivity contribution in [2.24, 2.45) is 4.99 Å². The summed E-state index contributed by atoms with van der Waals surface area (Å²) in [6, 6.07) is 12.0. The van der Waals surface area contributed by atoms with E-state index in [0.717, 1.165) is 6.42 Å². The number of phenols is 1. The Labute approximate surface area is 173 Å². The van der Waals surface area contributed by atoms with Crippen LogP contribution in [0, 0.1) is 0 Å². The molecule has 0 fully saturated rings. The fourth-order valence-corrected chi connectivity index (χ4v) is 2.84. The highest BCUT2D eigenvalue weighted by atomic mass is 16.5. The first-order chi connectivity index (χ1) is 14.1. The van der Waals surface area contributed by atoms with E-state index in [1.54, 1.807) is 49.5 Å². The van der Waals surface area contributed by atoms with Crippen molar-refractivity contribution < 1.29 is 19.4 Å². The minimum atomic E-state index is -0.350. The van der Waals surface area contributed by atoms with Gasteiger partial charge in [-0.2, -0.15) is 0 Å². The minimum absolute atomic E-state index is 0.123. The van der Waals surface area contributed by atoms with Crippen molar-refractivity contribution >= 4 is 17.9 Å². The fourth-order valence-electron chi connectivity index (χ4n) is 2.84. The number of ether oxygens (including phenoxy) is 2. The van der Waals surface area contributed by atoms with E-state index < -0.39 is 0 Å². The summed E-state index contributed by atoms with van der Waals surface area (Å²) < 4.78 is 10.7. The topological polar surface area (TPSA) is 68.1 Å². The summed E-state index contributed by atoms with van der Waals surface area (Å²) in [5.74, 6) is 0.432. The Hall–Kier alpha value is -2.82. The van der Waals surface area contributed by atoms with Gasteiger partial charge in [0.25, 0.3) is 0 Å². The van der Waals surface area contributed by atoms with Crippen molar-refractivity contribution in [1.82, 2.24) is 0 Å². The van der Waals surface area contributed by atoms with Crippen LogP contribution in [0.25, 0.3) is 0 Å². The van der Waals surface area contributed by atoms with Crippen molar-refractivity contribution in [2.75, 3.05) is 13.2 Å². The summed E-state index contributed by atoms with van der Waals surface area (Å²) >= 11 is 0. The zero-order valence-corrected chi connectivity index (χ0v) is 17.4. The lowest BCUT2D eigenvalue weighted by Crippen LogP contribution is -2.03. The van der Waals surface area contributed by atoms with Crippen molar-refractivity contribution in [3.63, 3.8) is 0 Å².